The number of nitrogens with zero attached hydrogens (tertiary/aromatic N) is 2. The van der Waals surface area contributed by atoms with E-state index in [9.17, 15) is 0 Å². The average Bonchev–Trinajstić information content (AvgIpc) is 2.77. The molecule has 0 spiro atoms. The first kappa shape index (κ1) is 17.7. The Kier molecular flexibility index (Phi) is 8.41. The molecule has 0 saturated heterocycles. The van der Waals surface area contributed by atoms with Crippen LogP contribution in [0.5, 0.6) is 0 Å². The first-order chi connectivity index (χ1) is 9.67. The van der Waals surface area contributed by atoms with Crippen molar-refractivity contribution in [2.24, 2.45) is 0 Å². The van der Waals surface area contributed by atoms with Crippen molar-refractivity contribution >= 4 is 15.9 Å². The van der Waals surface area contributed by atoms with Crippen LogP contribution >= 0.6 is 15.9 Å². The van der Waals surface area contributed by atoms with Gasteiger partial charge < -0.3 is 10.1 Å². The van der Waals surface area contributed by atoms with Crippen molar-refractivity contribution in [3.63, 3.8) is 0 Å². The van der Waals surface area contributed by atoms with Crippen molar-refractivity contribution in [2.45, 2.75) is 59.0 Å². The minimum atomic E-state index is 0.443. The summed E-state index contributed by atoms with van der Waals surface area (Å²) in [6.45, 7) is 9.24. The Morgan fingerprint density at radius 2 is 2.10 bits per heavy atom. The van der Waals surface area contributed by atoms with Crippen LogP contribution in [0.2, 0.25) is 0 Å². The molecule has 4 nitrogen and oxygen atoms in total. The van der Waals surface area contributed by atoms with Crippen LogP contribution in [0.3, 0.4) is 0 Å². The van der Waals surface area contributed by atoms with E-state index < -0.39 is 0 Å². The van der Waals surface area contributed by atoms with E-state index in [0.29, 0.717) is 6.04 Å². The van der Waals surface area contributed by atoms with Gasteiger partial charge >= 0.3 is 0 Å². The Morgan fingerprint density at radius 1 is 1.35 bits per heavy atom. The molecule has 0 aromatic carbocycles. The van der Waals surface area contributed by atoms with E-state index in [0.717, 1.165) is 51.1 Å². The molecule has 1 aromatic rings. The molecule has 0 aliphatic rings. The van der Waals surface area contributed by atoms with Crippen LogP contribution in [0.1, 0.15) is 45.0 Å². The summed E-state index contributed by atoms with van der Waals surface area (Å²) < 4.78 is 8.53. The highest BCUT2D eigenvalue weighted by Gasteiger charge is 2.18. The zero-order valence-electron chi connectivity index (χ0n) is 13.2. The minimum Gasteiger partial charge on any atom is -0.385 e. The SMILES string of the molecule is CCCNC(CCOC)Cc1c(Br)c(CC)nn1CC. The van der Waals surface area contributed by atoms with Crippen LogP contribution in [0.25, 0.3) is 0 Å². The summed E-state index contributed by atoms with van der Waals surface area (Å²) in [5.74, 6) is 0. The standard InChI is InChI=1S/C15H28BrN3O/c1-5-9-17-12(8-10-20-4)11-14-15(16)13(6-2)18-19(14)7-3/h12,17H,5-11H2,1-4H3. The number of rotatable bonds is 10. The molecule has 1 unspecified atom stereocenters. The first-order valence-electron chi connectivity index (χ1n) is 7.64. The predicted octanol–water partition coefficient (Wildman–Crippen LogP) is 3.18. The third-order valence-corrected chi connectivity index (χ3v) is 4.40. The maximum absolute atomic E-state index is 5.23. The van der Waals surface area contributed by atoms with Gasteiger partial charge in [-0.25, -0.2) is 0 Å². The number of methoxy groups -OCH3 is 1. The van der Waals surface area contributed by atoms with E-state index in [2.05, 4.69) is 51.8 Å². The van der Waals surface area contributed by atoms with E-state index in [1.54, 1.807) is 7.11 Å². The van der Waals surface area contributed by atoms with Crippen molar-refractivity contribution < 1.29 is 4.74 Å². The Labute approximate surface area is 131 Å². The zero-order chi connectivity index (χ0) is 15.0. The van der Waals surface area contributed by atoms with E-state index in [1.807, 2.05) is 0 Å². The molecule has 1 atom stereocenters. The molecule has 0 aliphatic carbocycles. The summed E-state index contributed by atoms with van der Waals surface area (Å²) in [4.78, 5) is 0. The Bertz CT molecular complexity index is 385. The van der Waals surface area contributed by atoms with Crippen molar-refractivity contribution in [2.75, 3.05) is 20.3 Å². The van der Waals surface area contributed by atoms with Gasteiger partial charge in [0, 0.05) is 32.7 Å². The molecular formula is C15H28BrN3O. The van der Waals surface area contributed by atoms with Gasteiger partial charge in [-0.05, 0) is 48.7 Å². The Balaban J connectivity index is 2.82. The minimum absolute atomic E-state index is 0.443. The number of halogens is 1. The molecule has 0 bridgehead atoms. The fourth-order valence-corrected chi connectivity index (χ4v) is 3.06. The summed E-state index contributed by atoms with van der Waals surface area (Å²) >= 11 is 3.73. The highest BCUT2D eigenvalue weighted by atomic mass is 79.9. The van der Waals surface area contributed by atoms with E-state index in [-0.39, 0.29) is 0 Å². The first-order valence-corrected chi connectivity index (χ1v) is 8.43. The predicted molar refractivity (Wildman–Crippen MR) is 87.3 cm³/mol. The Hall–Kier alpha value is -0.390. The lowest BCUT2D eigenvalue weighted by molar-refractivity contribution is 0.182. The fourth-order valence-electron chi connectivity index (χ4n) is 2.33. The van der Waals surface area contributed by atoms with Gasteiger partial charge in [-0.2, -0.15) is 5.10 Å². The second kappa shape index (κ2) is 9.53. The van der Waals surface area contributed by atoms with Gasteiger partial charge in [0.15, 0.2) is 0 Å². The number of aromatic nitrogens is 2. The van der Waals surface area contributed by atoms with Crippen LogP contribution in [0, 0.1) is 0 Å². The van der Waals surface area contributed by atoms with Crippen molar-refractivity contribution in [1.82, 2.24) is 15.1 Å². The molecule has 1 aromatic heterocycles. The van der Waals surface area contributed by atoms with E-state index in [1.165, 1.54) is 10.2 Å². The molecule has 0 amide bonds. The normalized spacial score (nSPS) is 12.8. The number of ether oxygens (including phenoxy) is 1. The van der Waals surface area contributed by atoms with Gasteiger partial charge in [0.2, 0.25) is 0 Å². The second-order valence-corrected chi connectivity index (χ2v) is 5.81. The number of nitrogens with one attached hydrogen (secondary N) is 1. The largest absolute Gasteiger partial charge is 0.385 e. The van der Waals surface area contributed by atoms with Crippen molar-refractivity contribution in [3.8, 4) is 0 Å². The summed E-state index contributed by atoms with van der Waals surface area (Å²) in [5, 5.41) is 8.29. The van der Waals surface area contributed by atoms with Gasteiger partial charge in [0.25, 0.3) is 0 Å². The molecular weight excluding hydrogens is 318 g/mol. The van der Waals surface area contributed by atoms with Gasteiger partial charge in [-0.15, -0.1) is 0 Å². The van der Waals surface area contributed by atoms with Gasteiger partial charge in [0.1, 0.15) is 0 Å². The Morgan fingerprint density at radius 3 is 2.65 bits per heavy atom. The quantitative estimate of drug-likeness (QED) is 0.707. The van der Waals surface area contributed by atoms with Crippen molar-refractivity contribution in [1.29, 1.82) is 0 Å². The lowest BCUT2D eigenvalue weighted by atomic mass is 10.1. The van der Waals surface area contributed by atoms with E-state index in [4.69, 9.17) is 4.74 Å². The third kappa shape index (κ3) is 4.86. The number of hydrogen-bond acceptors (Lipinski definition) is 3. The molecule has 5 heteroatoms. The monoisotopic (exact) mass is 345 g/mol. The van der Waals surface area contributed by atoms with Crippen LogP contribution in [0.15, 0.2) is 4.47 Å². The molecule has 116 valence electrons. The lowest BCUT2D eigenvalue weighted by Gasteiger charge is -2.19. The topological polar surface area (TPSA) is 39.1 Å². The zero-order valence-corrected chi connectivity index (χ0v) is 14.8. The summed E-state index contributed by atoms with van der Waals surface area (Å²) in [5.41, 5.74) is 2.46. The molecule has 1 N–H and O–H groups in total. The summed E-state index contributed by atoms with van der Waals surface area (Å²) in [7, 11) is 1.76. The molecule has 0 radical (unpaired) electrons. The third-order valence-electron chi connectivity index (χ3n) is 3.49. The smallest absolute Gasteiger partial charge is 0.0766 e. The molecule has 20 heavy (non-hydrogen) atoms. The second-order valence-electron chi connectivity index (χ2n) is 5.01. The van der Waals surface area contributed by atoms with E-state index >= 15 is 0 Å². The maximum atomic E-state index is 5.23. The van der Waals surface area contributed by atoms with Crippen LogP contribution in [-0.2, 0) is 24.1 Å². The lowest BCUT2D eigenvalue weighted by Crippen LogP contribution is -2.33. The summed E-state index contributed by atoms with van der Waals surface area (Å²) in [6.07, 6.45) is 4.13. The molecule has 0 saturated carbocycles. The highest BCUT2D eigenvalue weighted by molar-refractivity contribution is 9.10. The highest BCUT2D eigenvalue weighted by Crippen LogP contribution is 2.24. The average molecular weight is 346 g/mol. The molecule has 1 rings (SSSR count). The van der Waals surface area contributed by atoms with Gasteiger partial charge in [0.05, 0.1) is 15.9 Å². The van der Waals surface area contributed by atoms with Crippen LogP contribution in [0.4, 0.5) is 0 Å². The number of hydrogen-bond donors (Lipinski definition) is 1. The fraction of sp³-hybridized carbons (Fsp3) is 0.800. The number of aryl methyl sites for hydroxylation is 2. The molecule has 0 aliphatic heterocycles. The van der Waals surface area contributed by atoms with Crippen LogP contribution < -0.4 is 5.32 Å². The maximum Gasteiger partial charge on any atom is 0.0766 e. The summed E-state index contributed by atoms with van der Waals surface area (Å²) in [6, 6.07) is 0.443. The van der Waals surface area contributed by atoms with Gasteiger partial charge in [-0.3, -0.25) is 4.68 Å². The van der Waals surface area contributed by atoms with Crippen molar-refractivity contribution in [3.05, 3.63) is 15.9 Å². The van der Waals surface area contributed by atoms with Gasteiger partial charge in [-0.1, -0.05) is 13.8 Å². The molecule has 0 fully saturated rings. The van der Waals surface area contributed by atoms with Crippen LogP contribution in [-0.4, -0.2) is 36.1 Å². The molecule has 1 heterocycles.